The molecule has 0 aliphatic rings. The highest BCUT2D eigenvalue weighted by molar-refractivity contribution is 6.32. The molecule has 0 saturated carbocycles. The summed E-state index contributed by atoms with van der Waals surface area (Å²) in [6, 6.07) is 8.52. The average molecular weight is 448 g/mol. The molecule has 0 aliphatic heterocycles. The number of halogens is 1. The van der Waals surface area contributed by atoms with Crippen molar-refractivity contribution in [1.82, 2.24) is 5.32 Å². The van der Waals surface area contributed by atoms with E-state index in [-0.39, 0.29) is 12.3 Å². The Kier molecular flexibility index (Phi) is 8.75. The number of carboxylic acid groups (broad SMARTS) is 1. The number of rotatable bonds is 10. The Morgan fingerprint density at radius 1 is 1.16 bits per heavy atom. The van der Waals surface area contributed by atoms with Crippen LogP contribution >= 0.6 is 11.6 Å². The maximum Gasteiger partial charge on any atom is 0.352 e. The molecule has 0 aromatic heterocycles. The molecule has 7 nitrogen and oxygen atoms in total. The summed E-state index contributed by atoms with van der Waals surface area (Å²) in [5.41, 5.74) is 1.80. The molecule has 0 heterocycles. The third-order valence-corrected chi connectivity index (χ3v) is 4.86. The molecule has 0 saturated heterocycles. The van der Waals surface area contributed by atoms with E-state index in [1.807, 2.05) is 20.8 Å². The number of hydrogen-bond acceptors (Lipinski definition) is 5. The third-order valence-electron chi connectivity index (χ3n) is 4.26. The first-order chi connectivity index (χ1) is 14.8. The number of aliphatic carboxylic acids is 1. The predicted octanol–water partition coefficient (Wildman–Crippen LogP) is 4.37. The first-order valence-corrected chi connectivity index (χ1v) is 10.1. The molecule has 0 spiro atoms. The highest BCUT2D eigenvalue weighted by Gasteiger charge is 2.16. The Bertz CT molecular complexity index is 963. The van der Waals surface area contributed by atoms with Gasteiger partial charge in [0, 0.05) is 10.6 Å². The number of nitrogens with one attached hydrogen (secondary N) is 1. The molecule has 166 valence electrons. The first kappa shape index (κ1) is 24.1. The predicted molar refractivity (Wildman–Crippen MR) is 119 cm³/mol. The van der Waals surface area contributed by atoms with Gasteiger partial charge in [-0.3, -0.25) is 4.79 Å². The molecule has 2 rings (SSSR count). The van der Waals surface area contributed by atoms with Crippen molar-refractivity contribution in [3.63, 3.8) is 0 Å². The zero-order valence-electron chi connectivity index (χ0n) is 18.0. The van der Waals surface area contributed by atoms with E-state index in [0.717, 1.165) is 17.5 Å². The summed E-state index contributed by atoms with van der Waals surface area (Å²) in [5.74, 6) is -0.564. The van der Waals surface area contributed by atoms with E-state index in [1.165, 1.54) is 13.2 Å². The van der Waals surface area contributed by atoms with Gasteiger partial charge in [0.25, 0.3) is 5.91 Å². The minimum Gasteiger partial charge on any atom is -0.493 e. The molecular formula is C23H26ClNO6. The minimum atomic E-state index is -1.30. The lowest BCUT2D eigenvalue weighted by Gasteiger charge is -2.14. The minimum absolute atomic E-state index is 0.313. The summed E-state index contributed by atoms with van der Waals surface area (Å²) in [6.45, 7) is 5.70. The lowest BCUT2D eigenvalue weighted by molar-refractivity contribution is -0.134. The van der Waals surface area contributed by atoms with Gasteiger partial charge in [-0.25, -0.2) is 4.79 Å². The van der Waals surface area contributed by atoms with Crippen LogP contribution in [0, 0.1) is 13.8 Å². The molecule has 0 atom stereocenters. The van der Waals surface area contributed by atoms with Gasteiger partial charge in [0.15, 0.2) is 18.1 Å². The van der Waals surface area contributed by atoms with E-state index in [1.54, 1.807) is 30.3 Å². The van der Waals surface area contributed by atoms with Crippen LogP contribution in [0.3, 0.4) is 0 Å². The van der Waals surface area contributed by atoms with Crippen molar-refractivity contribution in [2.75, 3.05) is 20.3 Å². The van der Waals surface area contributed by atoms with Gasteiger partial charge in [-0.15, -0.1) is 0 Å². The second kappa shape index (κ2) is 11.3. The molecule has 0 unspecified atom stereocenters. The summed E-state index contributed by atoms with van der Waals surface area (Å²) >= 11 is 6.13. The molecule has 0 fully saturated rings. The molecule has 0 bridgehead atoms. The van der Waals surface area contributed by atoms with Gasteiger partial charge in [-0.1, -0.05) is 30.7 Å². The zero-order chi connectivity index (χ0) is 23.0. The van der Waals surface area contributed by atoms with Crippen LogP contribution in [-0.4, -0.2) is 37.3 Å². The van der Waals surface area contributed by atoms with E-state index in [4.69, 9.17) is 25.8 Å². The lowest BCUT2D eigenvalue weighted by atomic mass is 10.1. The number of carbonyl (C=O) groups excluding carboxylic acids is 1. The normalized spacial score (nSPS) is 11.1. The van der Waals surface area contributed by atoms with Crippen LogP contribution < -0.4 is 19.5 Å². The van der Waals surface area contributed by atoms with Crippen LogP contribution in [0.4, 0.5) is 0 Å². The molecule has 31 heavy (non-hydrogen) atoms. The fourth-order valence-electron chi connectivity index (χ4n) is 2.80. The fourth-order valence-corrected chi connectivity index (χ4v) is 2.91. The largest absolute Gasteiger partial charge is 0.493 e. The molecule has 0 radical (unpaired) electrons. The first-order valence-electron chi connectivity index (χ1n) is 9.71. The zero-order valence-corrected chi connectivity index (χ0v) is 18.7. The Morgan fingerprint density at radius 2 is 1.84 bits per heavy atom. The summed E-state index contributed by atoms with van der Waals surface area (Å²) in [7, 11) is 1.50. The van der Waals surface area contributed by atoms with Crippen molar-refractivity contribution >= 4 is 29.6 Å². The molecule has 2 aromatic carbocycles. The number of methoxy groups -OCH3 is 1. The molecule has 2 aromatic rings. The van der Waals surface area contributed by atoms with Crippen molar-refractivity contribution in [3.05, 3.63) is 57.7 Å². The monoisotopic (exact) mass is 447 g/mol. The van der Waals surface area contributed by atoms with Crippen molar-refractivity contribution in [2.24, 2.45) is 0 Å². The summed E-state index contributed by atoms with van der Waals surface area (Å²) in [6.07, 6.45) is 2.09. The maximum absolute atomic E-state index is 12.3. The molecule has 1 amide bonds. The number of aryl methyl sites for hydroxylation is 2. The van der Waals surface area contributed by atoms with E-state index in [9.17, 15) is 14.7 Å². The molecule has 0 aliphatic carbocycles. The van der Waals surface area contributed by atoms with Gasteiger partial charge in [-0.05, 0) is 55.7 Å². The van der Waals surface area contributed by atoms with Crippen LogP contribution in [0.1, 0.15) is 30.0 Å². The Morgan fingerprint density at radius 3 is 2.42 bits per heavy atom. The smallest absolute Gasteiger partial charge is 0.352 e. The number of carbonyl (C=O) groups is 2. The van der Waals surface area contributed by atoms with Crippen molar-refractivity contribution in [3.8, 4) is 17.2 Å². The van der Waals surface area contributed by atoms with Crippen LogP contribution in [-0.2, 0) is 9.59 Å². The molecule has 2 N–H and O–H groups in total. The van der Waals surface area contributed by atoms with E-state index >= 15 is 0 Å². The van der Waals surface area contributed by atoms with Crippen LogP contribution in [0.25, 0.3) is 6.08 Å². The van der Waals surface area contributed by atoms with Gasteiger partial charge in [0.05, 0.1) is 13.7 Å². The Balaban J connectivity index is 2.18. The summed E-state index contributed by atoms with van der Waals surface area (Å²) < 4.78 is 16.5. The second-order valence-corrected chi connectivity index (χ2v) is 7.18. The van der Waals surface area contributed by atoms with Gasteiger partial charge < -0.3 is 24.6 Å². The van der Waals surface area contributed by atoms with E-state index < -0.39 is 11.9 Å². The highest BCUT2D eigenvalue weighted by Crippen LogP contribution is 2.32. The van der Waals surface area contributed by atoms with Gasteiger partial charge in [0.1, 0.15) is 11.4 Å². The van der Waals surface area contributed by atoms with Crippen molar-refractivity contribution in [1.29, 1.82) is 0 Å². The number of carboxylic acids is 1. The second-order valence-electron chi connectivity index (χ2n) is 6.80. The Hall–Kier alpha value is -3.19. The van der Waals surface area contributed by atoms with E-state index in [2.05, 4.69) is 5.32 Å². The van der Waals surface area contributed by atoms with Crippen LogP contribution in [0.5, 0.6) is 17.2 Å². The van der Waals surface area contributed by atoms with Crippen molar-refractivity contribution < 1.29 is 28.9 Å². The third kappa shape index (κ3) is 6.65. The van der Waals surface area contributed by atoms with Crippen LogP contribution in [0.15, 0.2) is 36.0 Å². The van der Waals surface area contributed by atoms with E-state index in [0.29, 0.717) is 34.4 Å². The topological polar surface area (TPSA) is 94.1 Å². The van der Waals surface area contributed by atoms with Gasteiger partial charge in [-0.2, -0.15) is 0 Å². The maximum atomic E-state index is 12.3. The van der Waals surface area contributed by atoms with Gasteiger partial charge >= 0.3 is 5.97 Å². The quantitative estimate of drug-likeness (QED) is 0.525. The molecular weight excluding hydrogens is 422 g/mol. The number of para-hydroxylation sites is 1. The van der Waals surface area contributed by atoms with Crippen molar-refractivity contribution in [2.45, 2.75) is 27.2 Å². The number of amides is 1. The lowest BCUT2D eigenvalue weighted by Crippen LogP contribution is -2.31. The highest BCUT2D eigenvalue weighted by atomic mass is 35.5. The summed E-state index contributed by atoms with van der Waals surface area (Å²) in [4.78, 5) is 24.0. The van der Waals surface area contributed by atoms with Crippen LogP contribution in [0.2, 0.25) is 5.02 Å². The standard InChI is InChI=1S/C23H26ClNO6/c1-5-9-30-22-16(7-6-8-19(22)29-4)12-18(23(27)28)25-20(26)13-31-17-10-14(2)21(24)15(3)11-17/h6-8,10-12H,5,9,13H2,1-4H3,(H,25,26)(H,27,28)/b18-12+. The number of hydrogen-bond donors (Lipinski definition) is 2. The Labute approximate surface area is 186 Å². The number of ether oxygens (including phenoxy) is 3. The average Bonchev–Trinajstić information content (AvgIpc) is 2.74. The molecule has 8 heteroatoms. The summed E-state index contributed by atoms with van der Waals surface area (Å²) in [5, 5.41) is 12.6. The number of benzene rings is 2. The fraction of sp³-hybridized carbons (Fsp3) is 0.304. The SMILES string of the molecule is CCCOc1c(/C=C(/NC(=O)COc2cc(C)c(Cl)c(C)c2)C(=O)O)cccc1OC. The van der Waals surface area contributed by atoms with Gasteiger partial charge in [0.2, 0.25) is 0 Å².